The van der Waals surface area contributed by atoms with Crippen LogP contribution in [-0.2, 0) is 0 Å². The second-order valence-corrected chi connectivity index (χ2v) is 6.58. The van der Waals surface area contributed by atoms with E-state index in [0.29, 0.717) is 5.69 Å². The summed E-state index contributed by atoms with van der Waals surface area (Å²) in [6, 6.07) is 39.0. The Bertz CT molecular complexity index is 1120. The Labute approximate surface area is 170 Å². The highest BCUT2D eigenvalue weighted by atomic mass is 15.1. The van der Waals surface area contributed by atoms with E-state index in [9.17, 15) is 0 Å². The minimum atomic E-state index is 0.602. The maximum absolute atomic E-state index is 8.71. The van der Waals surface area contributed by atoms with Crippen molar-refractivity contribution in [2.75, 3.05) is 0 Å². The van der Waals surface area contributed by atoms with Crippen LogP contribution in [0.25, 0.3) is 21.6 Å². The van der Waals surface area contributed by atoms with Crippen molar-refractivity contribution < 1.29 is 0 Å². The van der Waals surface area contributed by atoms with Crippen LogP contribution in [0.1, 0.15) is 22.3 Å². The van der Waals surface area contributed by atoms with Crippen LogP contribution in [0.5, 0.6) is 0 Å². The Hall–Kier alpha value is -4.07. The monoisotopic (exact) mass is 373 g/mol. The van der Waals surface area contributed by atoms with Crippen LogP contribution in [-0.4, -0.2) is 0 Å². The third kappa shape index (κ3) is 4.11. The highest BCUT2D eigenvalue weighted by molar-refractivity contribution is 6.04. The smallest absolute Gasteiger partial charge is 0.0375 e. The normalized spacial score (nSPS) is 10.1. The van der Waals surface area contributed by atoms with E-state index in [1.807, 2.05) is 42.5 Å². The zero-order valence-electron chi connectivity index (χ0n) is 15.8. The van der Waals surface area contributed by atoms with Gasteiger partial charge in [0.2, 0.25) is 0 Å². The summed E-state index contributed by atoms with van der Waals surface area (Å²) in [6.07, 6.45) is 0. The van der Waals surface area contributed by atoms with Crippen molar-refractivity contribution in [1.82, 2.24) is 0 Å². The fraction of sp³-hybridized carbons (Fsp3) is 0. The Kier molecular flexibility index (Phi) is 5.52. The van der Waals surface area contributed by atoms with Crippen LogP contribution in [0, 0.1) is 0 Å². The Morgan fingerprint density at radius 3 is 1.17 bits per heavy atom. The summed E-state index contributed by atoms with van der Waals surface area (Å²) in [5.74, 6) is 0. The molecule has 0 radical (unpaired) electrons. The van der Waals surface area contributed by atoms with Gasteiger partial charge in [0.25, 0.3) is 0 Å². The Morgan fingerprint density at radius 2 is 0.828 bits per heavy atom. The summed E-state index contributed by atoms with van der Waals surface area (Å²) in [4.78, 5) is 2.88. The first kappa shape index (κ1) is 18.3. The number of hydrogen-bond donors (Lipinski definition) is 0. The molecule has 4 rings (SSSR count). The summed E-state index contributed by atoms with van der Waals surface area (Å²) < 4.78 is 0. The van der Waals surface area contributed by atoms with E-state index in [2.05, 4.69) is 82.8 Å². The fourth-order valence-electron chi connectivity index (χ4n) is 3.47. The molecule has 0 unspecified atom stereocenters. The molecule has 3 nitrogen and oxygen atoms in total. The van der Waals surface area contributed by atoms with Gasteiger partial charge in [-0.3, -0.25) is 0 Å². The molecule has 0 atom stereocenters. The predicted molar refractivity (Wildman–Crippen MR) is 120 cm³/mol. The molecule has 4 aromatic rings. The molecule has 0 saturated heterocycles. The quantitative estimate of drug-likeness (QED) is 0.149. The van der Waals surface area contributed by atoms with Gasteiger partial charge in [-0.05, 0) is 38.9 Å². The third-order valence-electron chi connectivity index (χ3n) is 4.75. The summed E-state index contributed by atoms with van der Waals surface area (Å²) in [6.45, 7) is 0. The molecule has 4 aromatic carbocycles. The van der Waals surface area contributed by atoms with Crippen molar-refractivity contribution in [3.05, 3.63) is 148 Å². The SMILES string of the molecule is [N-]=[N+]=Nc1ccc(C(=C(c2ccccc2)c2ccccc2)c2ccccc2)cc1. The van der Waals surface area contributed by atoms with Gasteiger partial charge in [0.05, 0.1) is 0 Å². The molecule has 3 heteroatoms. The topological polar surface area (TPSA) is 48.8 Å². The standard InChI is InChI=1S/C26H19N3/c27-29-28-24-18-16-23(17-19-24)26(22-14-8-3-9-15-22)25(20-10-4-1-5-11-20)21-12-6-2-7-13-21/h1-19H. The first-order valence-corrected chi connectivity index (χ1v) is 9.43. The lowest BCUT2D eigenvalue weighted by atomic mass is 9.86. The van der Waals surface area contributed by atoms with Gasteiger partial charge in [0.15, 0.2) is 0 Å². The molecule has 0 aromatic heterocycles. The van der Waals surface area contributed by atoms with Crippen LogP contribution in [0.4, 0.5) is 5.69 Å². The van der Waals surface area contributed by atoms with Crippen molar-refractivity contribution in [2.45, 2.75) is 0 Å². The lowest BCUT2D eigenvalue weighted by molar-refractivity contribution is 1.45. The van der Waals surface area contributed by atoms with E-state index < -0.39 is 0 Å². The maximum Gasteiger partial charge on any atom is 0.0375 e. The van der Waals surface area contributed by atoms with Crippen LogP contribution in [0.2, 0.25) is 0 Å². The zero-order chi connectivity index (χ0) is 19.9. The molecule has 29 heavy (non-hydrogen) atoms. The minimum absolute atomic E-state index is 0.602. The fourth-order valence-corrected chi connectivity index (χ4v) is 3.47. The second-order valence-electron chi connectivity index (χ2n) is 6.58. The van der Waals surface area contributed by atoms with Gasteiger partial charge in [0, 0.05) is 10.6 Å². The predicted octanol–water partition coefficient (Wildman–Crippen LogP) is 7.64. The van der Waals surface area contributed by atoms with E-state index in [-0.39, 0.29) is 0 Å². The molecule has 138 valence electrons. The minimum Gasteiger partial charge on any atom is -0.0622 e. The average molecular weight is 373 g/mol. The van der Waals surface area contributed by atoms with Crippen molar-refractivity contribution in [1.29, 1.82) is 0 Å². The van der Waals surface area contributed by atoms with Crippen molar-refractivity contribution in [3.8, 4) is 0 Å². The van der Waals surface area contributed by atoms with Crippen LogP contribution in [0.15, 0.2) is 120 Å². The molecule has 0 aliphatic carbocycles. The highest BCUT2D eigenvalue weighted by Crippen LogP contribution is 2.37. The van der Waals surface area contributed by atoms with Gasteiger partial charge >= 0.3 is 0 Å². The average Bonchev–Trinajstić information content (AvgIpc) is 2.80. The summed E-state index contributed by atoms with van der Waals surface area (Å²) >= 11 is 0. The third-order valence-corrected chi connectivity index (χ3v) is 4.75. The van der Waals surface area contributed by atoms with Crippen molar-refractivity contribution >= 4 is 16.8 Å². The first-order valence-electron chi connectivity index (χ1n) is 9.43. The van der Waals surface area contributed by atoms with Crippen LogP contribution < -0.4 is 0 Å². The van der Waals surface area contributed by atoms with Gasteiger partial charge < -0.3 is 0 Å². The van der Waals surface area contributed by atoms with Crippen molar-refractivity contribution in [2.24, 2.45) is 5.11 Å². The van der Waals surface area contributed by atoms with E-state index >= 15 is 0 Å². The largest absolute Gasteiger partial charge is 0.0622 e. The van der Waals surface area contributed by atoms with Gasteiger partial charge in [-0.2, -0.15) is 0 Å². The number of rotatable bonds is 5. The summed E-state index contributed by atoms with van der Waals surface area (Å²) in [7, 11) is 0. The van der Waals surface area contributed by atoms with Gasteiger partial charge in [-0.25, -0.2) is 0 Å². The van der Waals surface area contributed by atoms with Crippen LogP contribution >= 0.6 is 0 Å². The number of benzene rings is 4. The molecule has 0 saturated carbocycles. The van der Waals surface area contributed by atoms with Gasteiger partial charge in [0.1, 0.15) is 0 Å². The molecule has 0 aliphatic heterocycles. The van der Waals surface area contributed by atoms with Gasteiger partial charge in [-0.1, -0.05) is 120 Å². The zero-order valence-corrected chi connectivity index (χ0v) is 15.8. The van der Waals surface area contributed by atoms with E-state index in [4.69, 9.17) is 5.53 Å². The molecule has 0 aliphatic rings. The Balaban J connectivity index is 2.05. The van der Waals surface area contributed by atoms with Gasteiger partial charge in [-0.15, -0.1) is 0 Å². The van der Waals surface area contributed by atoms with E-state index in [0.717, 1.165) is 33.4 Å². The molecule has 0 heterocycles. The molecule has 0 spiro atoms. The van der Waals surface area contributed by atoms with E-state index in [1.165, 1.54) is 0 Å². The highest BCUT2D eigenvalue weighted by Gasteiger charge is 2.15. The van der Waals surface area contributed by atoms with E-state index in [1.54, 1.807) is 0 Å². The van der Waals surface area contributed by atoms with Crippen molar-refractivity contribution in [3.63, 3.8) is 0 Å². The molecule has 0 bridgehead atoms. The molecule has 0 N–H and O–H groups in total. The second kappa shape index (κ2) is 8.75. The lowest BCUT2D eigenvalue weighted by Crippen LogP contribution is -1.97. The Morgan fingerprint density at radius 1 is 0.483 bits per heavy atom. The lowest BCUT2D eigenvalue weighted by Gasteiger charge is -2.18. The molecular weight excluding hydrogens is 354 g/mol. The first-order chi connectivity index (χ1) is 14.4. The molecule has 0 amide bonds. The molecular formula is C26H19N3. The maximum atomic E-state index is 8.71. The number of azide groups is 1. The number of nitrogens with zero attached hydrogens (tertiary/aromatic N) is 3. The number of hydrogen-bond acceptors (Lipinski definition) is 1. The summed E-state index contributed by atoms with van der Waals surface area (Å²) in [5.41, 5.74) is 16.1. The van der Waals surface area contributed by atoms with Crippen LogP contribution in [0.3, 0.4) is 0 Å². The molecule has 0 fully saturated rings. The summed E-state index contributed by atoms with van der Waals surface area (Å²) in [5, 5.41) is 3.71.